The number of nitrogens with zero attached hydrogens (tertiary/aromatic N) is 3. The third-order valence-corrected chi connectivity index (χ3v) is 7.94. The normalized spacial score (nSPS) is 13.9. The van der Waals surface area contributed by atoms with Gasteiger partial charge in [0.15, 0.2) is 0 Å². The molecule has 4 aromatic rings. The summed E-state index contributed by atoms with van der Waals surface area (Å²) >= 11 is 0. The maximum Gasteiger partial charge on any atom is 0.345 e. The van der Waals surface area contributed by atoms with Crippen LogP contribution in [0.3, 0.4) is 0 Å². The average Bonchev–Trinajstić information content (AvgIpc) is 3.93. The summed E-state index contributed by atoms with van der Waals surface area (Å²) in [6, 6.07) is 20.5. The van der Waals surface area contributed by atoms with E-state index >= 15 is 0 Å². The van der Waals surface area contributed by atoms with E-state index in [0.29, 0.717) is 17.1 Å². The molecule has 1 heterocycles. The number of rotatable bonds is 3. The van der Waals surface area contributed by atoms with Gasteiger partial charge in [0.25, 0.3) is 0 Å². The Hall–Kier alpha value is -6.81. The van der Waals surface area contributed by atoms with Crippen molar-refractivity contribution in [3.05, 3.63) is 192 Å². The standard InChI is InChI=1S/C42H27N3O3/c46-40-43(37-25-19-34(20-26-37)16-13-31-7-1-2-8-31)41(47)45(39-29-23-36(24-30-39)18-15-33-11-5-6-12-33)42(48)44(40)38-27-21-35(22-28-38)17-14-32-9-3-4-10-32/h1-7,9,11,19-30H,8,10,12H2. The molecule has 3 aliphatic carbocycles. The summed E-state index contributed by atoms with van der Waals surface area (Å²) in [5.74, 6) is 18.8. The molecule has 0 spiro atoms. The molecule has 0 amide bonds. The molecule has 0 aliphatic heterocycles. The molecule has 0 atom stereocenters. The van der Waals surface area contributed by atoms with E-state index in [4.69, 9.17) is 0 Å². The van der Waals surface area contributed by atoms with Crippen LogP contribution in [0.15, 0.2) is 159 Å². The Morgan fingerprint density at radius 1 is 0.375 bits per heavy atom. The van der Waals surface area contributed by atoms with Crippen LogP contribution < -0.4 is 17.1 Å². The molecule has 3 aromatic carbocycles. The van der Waals surface area contributed by atoms with Gasteiger partial charge in [0.1, 0.15) is 0 Å². The van der Waals surface area contributed by atoms with E-state index in [-0.39, 0.29) is 0 Å². The summed E-state index contributed by atoms with van der Waals surface area (Å²) < 4.78 is 3.01. The molecule has 1 aromatic heterocycles. The van der Waals surface area contributed by atoms with Crippen molar-refractivity contribution in [1.29, 1.82) is 0 Å². The molecule has 6 nitrogen and oxygen atoms in total. The van der Waals surface area contributed by atoms with Gasteiger partial charge in [-0.3, -0.25) is 0 Å². The molecule has 0 N–H and O–H groups in total. The van der Waals surface area contributed by atoms with E-state index in [9.17, 15) is 14.4 Å². The van der Waals surface area contributed by atoms with Crippen LogP contribution in [0, 0.1) is 35.5 Å². The minimum Gasteiger partial charge on any atom is -0.246 e. The molecule has 0 saturated carbocycles. The van der Waals surface area contributed by atoms with Crippen molar-refractivity contribution in [3.63, 3.8) is 0 Å². The number of allylic oxidation sites excluding steroid dienone is 12. The third-order valence-electron chi connectivity index (χ3n) is 7.94. The van der Waals surface area contributed by atoms with Gasteiger partial charge in [0.2, 0.25) is 0 Å². The fourth-order valence-corrected chi connectivity index (χ4v) is 5.37. The first-order valence-corrected chi connectivity index (χ1v) is 15.5. The highest BCUT2D eigenvalue weighted by Crippen LogP contribution is 2.14. The smallest absolute Gasteiger partial charge is 0.246 e. The Bertz CT molecular complexity index is 2200. The number of hydrogen-bond acceptors (Lipinski definition) is 3. The lowest BCUT2D eigenvalue weighted by atomic mass is 10.1. The molecule has 7 rings (SSSR count). The molecule has 3 aliphatic rings. The second-order valence-corrected chi connectivity index (χ2v) is 11.2. The summed E-state index contributed by atoms with van der Waals surface area (Å²) in [5, 5.41) is 0. The van der Waals surface area contributed by atoms with E-state index in [2.05, 4.69) is 35.5 Å². The molecule has 6 heteroatoms. The van der Waals surface area contributed by atoms with E-state index in [1.54, 1.807) is 72.8 Å². The Kier molecular flexibility index (Phi) is 8.26. The van der Waals surface area contributed by atoms with Crippen molar-refractivity contribution in [2.45, 2.75) is 19.3 Å². The average molecular weight is 622 g/mol. The maximum atomic E-state index is 14.0. The lowest BCUT2D eigenvalue weighted by Gasteiger charge is -2.14. The minimum atomic E-state index is -0.788. The second-order valence-electron chi connectivity index (χ2n) is 11.2. The molecular formula is C42H27N3O3. The van der Waals surface area contributed by atoms with Crippen LogP contribution in [0.4, 0.5) is 0 Å². The largest absolute Gasteiger partial charge is 0.345 e. The van der Waals surface area contributed by atoms with Crippen LogP contribution in [-0.4, -0.2) is 13.7 Å². The Balaban J connectivity index is 1.31. The summed E-state index contributed by atoms with van der Waals surface area (Å²) in [5.41, 5.74) is 3.79. The van der Waals surface area contributed by atoms with E-state index in [1.165, 1.54) is 0 Å². The van der Waals surface area contributed by atoms with Gasteiger partial charge in [-0.05, 0) is 92.1 Å². The molecule has 0 saturated heterocycles. The zero-order chi connectivity index (χ0) is 32.9. The number of benzene rings is 3. The van der Waals surface area contributed by atoms with E-state index < -0.39 is 17.1 Å². The Morgan fingerprint density at radius 3 is 0.875 bits per heavy atom. The summed E-state index contributed by atoms with van der Waals surface area (Å²) in [6.45, 7) is 0. The summed E-state index contributed by atoms with van der Waals surface area (Å²) in [7, 11) is 0. The first kappa shape index (κ1) is 29.9. The second kappa shape index (κ2) is 13.3. The Labute approximate surface area is 277 Å². The molecule has 0 unspecified atom stereocenters. The SMILES string of the molecule is O=c1n(-c2ccc(C#CC3=CC=CC3)cc2)c(=O)n(-c2ccc(C#CC3=CC=CC3)cc2)c(=O)n1-c1ccc(C#CC2=CC=CC2)cc1. The van der Waals surface area contributed by atoms with Crippen LogP contribution in [0.1, 0.15) is 36.0 Å². The van der Waals surface area contributed by atoms with E-state index in [0.717, 1.165) is 66.4 Å². The van der Waals surface area contributed by atoms with Crippen molar-refractivity contribution < 1.29 is 0 Å². The lowest BCUT2D eigenvalue weighted by Crippen LogP contribution is -2.52. The summed E-state index contributed by atoms with van der Waals surface area (Å²) in [4.78, 5) is 42.1. The van der Waals surface area contributed by atoms with Crippen LogP contribution in [0.2, 0.25) is 0 Å². The lowest BCUT2D eigenvalue weighted by molar-refractivity contribution is 0.659. The highest BCUT2D eigenvalue weighted by atomic mass is 16.2. The molecule has 48 heavy (non-hydrogen) atoms. The van der Waals surface area contributed by atoms with Gasteiger partial charge >= 0.3 is 17.1 Å². The highest BCUT2D eigenvalue weighted by molar-refractivity contribution is 5.50. The molecule has 0 bridgehead atoms. The Morgan fingerprint density at radius 2 is 0.646 bits per heavy atom. The molecular weight excluding hydrogens is 594 g/mol. The fraction of sp³-hybridized carbons (Fsp3) is 0.0714. The number of aromatic nitrogens is 3. The molecule has 0 fully saturated rings. The van der Waals surface area contributed by atoms with Crippen LogP contribution in [0.5, 0.6) is 0 Å². The highest BCUT2D eigenvalue weighted by Gasteiger charge is 2.19. The first-order valence-electron chi connectivity index (χ1n) is 15.5. The van der Waals surface area contributed by atoms with Crippen molar-refractivity contribution >= 4 is 0 Å². The quantitative estimate of drug-likeness (QED) is 0.270. The van der Waals surface area contributed by atoms with Gasteiger partial charge in [-0.1, -0.05) is 90.2 Å². The van der Waals surface area contributed by atoms with Gasteiger partial charge in [-0.15, -0.1) is 0 Å². The minimum absolute atomic E-state index is 0.307. The van der Waals surface area contributed by atoms with Crippen molar-refractivity contribution in [3.8, 4) is 52.6 Å². The zero-order valence-electron chi connectivity index (χ0n) is 25.8. The van der Waals surface area contributed by atoms with Gasteiger partial charge in [0.05, 0.1) is 17.1 Å². The van der Waals surface area contributed by atoms with Crippen molar-refractivity contribution in [2.24, 2.45) is 0 Å². The predicted octanol–water partition coefficient (Wildman–Crippen LogP) is 5.85. The zero-order valence-corrected chi connectivity index (χ0v) is 25.8. The maximum absolute atomic E-state index is 14.0. The van der Waals surface area contributed by atoms with Gasteiger partial charge < -0.3 is 0 Å². The van der Waals surface area contributed by atoms with Gasteiger partial charge in [0, 0.05) is 33.4 Å². The van der Waals surface area contributed by atoms with Crippen molar-refractivity contribution in [2.75, 3.05) is 0 Å². The molecule has 0 radical (unpaired) electrons. The van der Waals surface area contributed by atoms with Gasteiger partial charge in [-0.25, -0.2) is 28.1 Å². The first-order chi connectivity index (χ1) is 23.5. The monoisotopic (exact) mass is 621 g/mol. The van der Waals surface area contributed by atoms with Crippen LogP contribution in [-0.2, 0) is 0 Å². The van der Waals surface area contributed by atoms with Crippen LogP contribution >= 0.6 is 0 Å². The fourth-order valence-electron chi connectivity index (χ4n) is 5.37. The summed E-state index contributed by atoms with van der Waals surface area (Å²) in [6.07, 6.45) is 20.4. The van der Waals surface area contributed by atoms with Crippen molar-refractivity contribution in [1.82, 2.24) is 13.7 Å². The van der Waals surface area contributed by atoms with Crippen LogP contribution in [0.25, 0.3) is 17.1 Å². The molecule has 228 valence electrons. The topological polar surface area (TPSA) is 66.0 Å². The number of hydrogen-bond donors (Lipinski definition) is 0. The predicted molar refractivity (Wildman–Crippen MR) is 189 cm³/mol. The van der Waals surface area contributed by atoms with E-state index in [1.807, 2.05) is 54.7 Å². The third kappa shape index (κ3) is 6.31. The van der Waals surface area contributed by atoms with Gasteiger partial charge in [-0.2, -0.15) is 0 Å².